The molecule has 0 saturated carbocycles. The van der Waals surface area contributed by atoms with Gasteiger partial charge in [0.25, 0.3) is 0 Å². The van der Waals surface area contributed by atoms with Crippen LogP contribution in [0.4, 0.5) is 0 Å². The molecule has 4 heteroatoms. The van der Waals surface area contributed by atoms with E-state index in [1.54, 1.807) is 0 Å². The van der Waals surface area contributed by atoms with Gasteiger partial charge in [-0.3, -0.25) is 4.79 Å². The number of ether oxygens (including phenoxy) is 1. The van der Waals surface area contributed by atoms with Crippen molar-refractivity contribution in [3.05, 3.63) is 0 Å². The number of unbranched alkanes of at least 4 members (excludes halogenated alkanes) is 6. The van der Waals surface area contributed by atoms with E-state index in [2.05, 4.69) is 11.8 Å². The first-order valence-electron chi connectivity index (χ1n) is 8.73. The summed E-state index contributed by atoms with van der Waals surface area (Å²) in [6.07, 6.45) is 10.0. The lowest BCUT2D eigenvalue weighted by Crippen LogP contribution is -2.29. The summed E-state index contributed by atoms with van der Waals surface area (Å²) >= 11 is 0. The van der Waals surface area contributed by atoms with Crippen LogP contribution in [-0.4, -0.2) is 48.8 Å². The topological polar surface area (TPSA) is 49.8 Å². The molecule has 126 valence electrons. The molecule has 0 rings (SSSR count). The maximum absolute atomic E-state index is 11.2. The molecule has 0 aliphatic rings. The molecule has 0 amide bonds. The lowest BCUT2D eigenvalue weighted by atomic mass is 10.1. The van der Waals surface area contributed by atoms with Crippen LogP contribution in [0, 0.1) is 0 Å². The van der Waals surface area contributed by atoms with Crippen molar-refractivity contribution >= 4 is 5.97 Å². The average molecular weight is 301 g/mol. The van der Waals surface area contributed by atoms with E-state index in [1.807, 2.05) is 6.92 Å². The van der Waals surface area contributed by atoms with E-state index >= 15 is 0 Å². The second kappa shape index (κ2) is 15.8. The average Bonchev–Trinajstić information content (AvgIpc) is 2.46. The monoisotopic (exact) mass is 301 g/mol. The molecular formula is C17H35NO3. The first-order valence-corrected chi connectivity index (χ1v) is 8.73. The maximum atomic E-state index is 11.2. The molecule has 0 aromatic rings. The summed E-state index contributed by atoms with van der Waals surface area (Å²) < 4.78 is 4.91. The fourth-order valence-electron chi connectivity index (χ4n) is 2.43. The van der Waals surface area contributed by atoms with Gasteiger partial charge < -0.3 is 14.7 Å². The van der Waals surface area contributed by atoms with Crippen LogP contribution in [0.1, 0.15) is 71.6 Å². The first kappa shape index (κ1) is 20.4. The van der Waals surface area contributed by atoms with Crippen molar-refractivity contribution in [2.75, 3.05) is 32.8 Å². The molecule has 0 fully saturated rings. The number of carbonyl (C=O) groups is 1. The Morgan fingerprint density at radius 1 is 0.905 bits per heavy atom. The molecule has 4 nitrogen and oxygen atoms in total. The van der Waals surface area contributed by atoms with Gasteiger partial charge in [-0.2, -0.15) is 0 Å². The standard InChI is InChI=1S/C17H35NO3/c1-3-5-6-7-10-13-18(15-16-19)14-11-8-9-12-17(20)21-4-2/h19H,3-16H2,1-2H3. The summed E-state index contributed by atoms with van der Waals surface area (Å²) in [5.74, 6) is -0.0827. The Labute approximate surface area is 130 Å². The Morgan fingerprint density at radius 2 is 1.52 bits per heavy atom. The number of rotatable bonds is 15. The normalized spacial score (nSPS) is 11.0. The maximum Gasteiger partial charge on any atom is 0.305 e. The molecule has 0 aromatic heterocycles. The smallest absolute Gasteiger partial charge is 0.305 e. The van der Waals surface area contributed by atoms with Crippen molar-refractivity contribution in [2.45, 2.75) is 71.6 Å². The van der Waals surface area contributed by atoms with Gasteiger partial charge in [-0.05, 0) is 39.3 Å². The molecule has 0 bridgehead atoms. The minimum atomic E-state index is -0.0827. The first-order chi connectivity index (χ1) is 10.2. The molecule has 0 aliphatic carbocycles. The Morgan fingerprint density at radius 3 is 2.10 bits per heavy atom. The minimum Gasteiger partial charge on any atom is -0.466 e. The van der Waals surface area contributed by atoms with Gasteiger partial charge in [0, 0.05) is 13.0 Å². The van der Waals surface area contributed by atoms with Crippen molar-refractivity contribution in [3.8, 4) is 0 Å². The predicted octanol–water partition coefficient (Wildman–Crippen LogP) is 3.37. The Kier molecular flexibility index (Phi) is 15.3. The lowest BCUT2D eigenvalue weighted by molar-refractivity contribution is -0.143. The van der Waals surface area contributed by atoms with Gasteiger partial charge in [-0.1, -0.05) is 39.0 Å². The molecule has 0 heterocycles. The van der Waals surface area contributed by atoms with Gasteiger partial charge in [0.05, 0.1) is 13.2 Å². The molecule has 1 N–H and O–H groups in total. The van der Waals surface area contributed by atoms with Crippen LogP contribution in [0.5, 0.6) is 0 Å². The van der Waals surface area contributed by atoms with Crippen LogP contribution in [0.2, 0.25) is 0 Å². The molecule has 21 heavy (non-hydrogen) atoms. The summed E-state index contributed by atoms with van der Waals surface area (Å²) in [6, 6.07) is 0. The van der Waals surface area contributed by atoms with E-state index < -0.39 is 0 Å². The van der Waals surface area contributed by atoms with Crippen LogP contribution in [0.15, 0.2) is 0 Å². The number of hydrogen-bond donors (Lipinski definition) is 1. The molecule has 0 spiro atoms. The Hall–Kier alpha value is -0.610. The van der Waals surface area contributed by atoms with Crippen LogP contribution in [0.25, 0.3) is 0 Å². The highest BCUT2D eigenvalue weighted by Crippen LogP contribution is 2.06. The van der Waals surface area contributed by atoms with Crippen molar-refractivity contribution in [1.82, 2.24) is 4.90 Å². The number of aliphatic hydroxyl groups is 1. The number of nitrogens with zero attached hydrogens (tertiary/aromatic N) is 1. The highest BCUT2D eigenvalue weighted by molar-refractivity contribution is 5.69. The van der Waals surface area contributed by atoms with E-state index in [0.717, 1.165) is 38.9 Å². The fraction of sp³-hybridized carbons (Fsp3) is 0.941. The van der Waals surface area contributed by atoms with Gasteiger partial charge in [-0.25, -0.2) is 0 Å². The summed E-state index contributed by atoms with van der Waals surface area (Å²) in [7, 11) is 0. The number of carbonyl (C=O) groups excluding carboxylic acids is 1. The SMILES string of the molecule is CCCCCCCN(CCO)CCCCCC(=O)OCC. The van der Waals surface area contributed by atoms with Gasteiger partial charge in [0.15, 0.2) is 0 Å². The summed E-state index contributed by atoms with van der Waals surface area (Å²) in [5, 5.41) is 9.11. The minimum absolute atomic E-state index is 0.0827. The molecule has 0 aromatic carbocycles. The summed E-state index contributed by atoms with van der Waals surface area (Å²) in [5.41, 5.74) is 0. The van der Waals surface area contributed by atoms with E-state index in [-0.39, 0.29) is 12.6 Å². The zero-order valence-electron chi connectivity index (χ0n) is 14.1. The third-order valence-corrected chi connectivity index (χ3v) is 3.65. The zero-order chi connectivity index (χ0) is 15.8. The van der Waals surface area contributed by atoms with Crippen molar-refractivity contribution in [1.29, 1.82) is 0 Å². The quantitative estimate of drug-likeness (QED) is 0.372. The van der Waals surface area contributed by atoms with E-state index in [1.165, 1.54) is 32.1 Å². The van der Waals surface area contributed by atoms with E-state index in [0.29, 0.717) is 13.0 Å². The summed E-state index contributed by atoms with van der Waals surface area (Å²) in [4.78, 5) is 13.5. The van der Waals surface area contributed by atoms with Crippen LogP contribution in [-0.2, 0) is 9.53 Å². The third kappa shape index (κ3) is 14.1. The van der Waals surface area contributed by atoms with Gasteiger partial charge in [-0.15, -0.1) is 0 Å². The van der Waals surface area contributed by atoms with E-state index in [4.69, 9.17) is 9.84 Å². The fourth-order valence-corrected chi connectivity index (χ4v) is 2.43. The Balaban J connectivity index is 3.57. The summed E-state index contributed by atoms with van der Waals surface area (Å²) in [6.45, 7) is 7.66. The zero-order valence-corrected chi connectivity index (χ0v) is 14.1. The molecule has 0 unspecified atom stereocenters. The van der Waals surface area contributed by atoms with Crippen LogP contribution < -0.4 is 0 Å². The highest BCUT2D eigenvalue weighted by atomic mass is 16.5. The van der Waals surface area contributed by atoms with Crippen LogP contribution >= 0.6 is 0 Å². The predicted molar refractivity (Wildman–Crippen MR) is 87.4 cm³/mol. The van der Waals surface area contributed by atoms with Gasteiger partial charge in [0.2, 0.25) is 0 Å². The molecule has 0 aliphatic heterocycles. The van der Waals surface area contributed by atoms with Crippen molar-refractivity contribution in [2.24, 2.45) is 0 Å². The second-order valence-corrected chi connectivity index (χ2v) is 5.60. The largest absolute Gasteiger partial charge is 0.466 e. The molecule has 0 radical (unpaired) electrons. The van der Waals surface area contributed by atoms with Crippen molar-refractivity contribution in [3.63, 3.8) is 0 Å². The van der Waals surface area contributed by atoms with Crippen LogP contribution in [0.3, 0.4) is 0 Å². The Bertz CT molecular complexity index is 234. The lowest BCUT2D eigenvalue weighted by Gasteiger charge is -2.21. The molecular weight excluding hydrogens is 266 g/mol. The second-order valence-electron chi connectivity index (χ2n) is 5.60. The van der Waals surface area contributed by atoms with Gasteiger partial charge >= 0.3 is 5.97 Å². The van der Waals surface area contributed by atoms with Crippen molar-refractivity contribution < 1.29 is 14.6 Å². The van der Waals surface area contributed by atoms with E-state index in [9.17, 15) is 4.79 Å². The highest BCUT2D eigenvalue weighted by Gasteiger charge is 2.05. The molecule has 0 atom stereocenters. The molecule has 0 saturated heterocycles. The number of hydrogen-bond acceptors (Lipinski definition) is 4. The van der Waals surface area contributed by atoms with Gasteiger partial charge in [0.1, 0.15) is 0 Å². The number of esters is 1. The number of aliphatic hydroxyl groups excluding tert-OH is 1. The third-order valence-electron chi connectivity index (χ3n) is 3.65.